The van der Waals surface area contributed by atoms with Gasteiger partial charge < -0.3 is 0 Å². The third kappa shape index (κ3) is 2.06. The summed E-state index contributed by atoms with van der Waals surface area (Å²) in [5, 5.41) is 8.19. The van der Waals surface area contributed by atoms with Crippen LogP contribution in [0.3, 0.4) is 0 Å². The second-order valence-electron chi connectivity index (χ2n) is 2.54. The van der Waals surface area contributed by atoms with Crippen LogP contribution >= 0.6 is 11.3 Å². The number of sulfonamides is 1. The summed E-state index contributed by atoms with van der Waals surface area (Å²) in [5.41, 5.74) is 0.796. The lowest BCUT2D eigenvalue weighted by Gasteiger charge is -2.09. The van der Waals surface area contributed by atoms with Gasteiger partial charge in [0.25, 0.3) is 0 Å². The molecule has 12 heavy (non-hydrogen) atoms. The molecule has 5 heteroatoms. The number of primary sulfonamides is 1. The molecule has 0 aliphatic carbocycles. The molecule has 0 aromatic carbocycles. The zero-order valence-corrected chi connectivity index (χ0v) is 8.36. The van der Waals surface area contributed by atoms with Crippen molar-refractivity contribution in [2.45, 2.75) is 18.6 Å². The highest BCUT2D eigenvalue weighted by Gasteiger charge is 2.21. The number of rotatable bonds is 3. The molecule has 1 atom stereocenters. The van der Waals surface area contributed by atoms with Gasteiger partial charge in [-0.2, -0.15) is 11.3 Å². The van der Waals surface area contributed by atoms with Crippen LogP contribution in [0.2, 0.25) is 0 Å². The second kappa shape index (κ2) is 3.55. The molecule has 2 N–H and O–H groups in total. The molecule has 1 rings (SSSR count). The average Bonchev–Trinajstić information content (AvgIpc) is 2.38. The van der Waals surface area contributed by atoms with E-state index in [4.69, 9.17) is 5.14 Å². The van der Waals surface area contributed by atoms with Gasteiger partial charge in [0.1, 0.15) is 5.25 Å². The molecule has 0 amide bonds. The van der Waals surface area contributed by atoms with Crippen molar-refractivity contribution in [2.24, 2.45) is 5.14 Å². The summed E-state index contributed by atoms with van der Waals surface area (Å²) in [4.78, 5) is 0. The normalized spacial score (nSPS) is 14.5. The minimum absolute atomic E-state index is 0.523. The first-order chi connectivity index (χ1) is 5.55. The molecule has 1 aromatic rings. The van der Waals surface area contributed by atoms with E-state index in [0.29, 0.717) is 6.42 Å². The largest absolute Gasteiger partial charge is 0.228 e. The maximum Gasteiger partial charge on any atom is 0.216 e. The van der Waals surface area contributed by atoms with Crippen LogP contribution in [0.15, 0.2) is 16.8 Å². The van der Waals surface area contributed by atoms with Gasteiger partial charge in [0, 0.05) is 0 Å². The highest BCUT2D eigenvalue weighted by atomic mass is 32.2. The van der Waals surface area contributed by atoms with Crippen molar-refractivity contribution in [3.05, 3.63) is 22.4 Å². The summed E-state index contributed by atoms with van der Waals surface area (Å²) >= 11 is 1.48. The van der Waals surface area contributed by atoms with Crippen LogP contribution in [-0.2, 0) is 10.0 Å². The quantitative estimate of drug-likeness (QED) is 0.812. The molecule has 0 saturated heterocycles. The van der Waals surface area contributed by atoms with E-state index in [1.807, 2.05) is 17.7 Å². The standard InChI is InChI=1S/C7H11NO2S2/c1-2-7(12(8,9)10)6-3-4-11-5-6/h3-5,7H,2H2,1H3,(H2,8,9,10). The summed E-state index contributed by atoms with van der Waals surface area (Å²) in [6.45, 7) is 1.81. The van der Waals surface area contributed by atoms with Crippen LogP contribution < -0.4 is 5.14 Å². The fraction of sp³-hybridized carbons (Fsp3) is 0.429. The minimum Gasteiger partial charge on any atom is -0.228 e. The molecular weight excluding hydrogens is 194 g/mol. The van der Waals surface area contributed by atoms with Gasteiger partial charge in [0.05, 0.1) is 0 Å². The molecule has 0 radical (unpaired) electrons. The maximum atomic E-state index is 11.0. The molecule has 3 nitrogen and oxygen atoms in total. The van der Waals surface area contributed by atoms with Gasteiger partial charge in [-0.15, -0.1) is 0 Å². The van der Waals surface area contributed by atoms with Crippen LogP contribution in [0.25, 0.3) is 0 Å². The monoisotopic (exact) mass is 205 g/mol. The first-order valence-corrected chi connectivity index (χ1v) is 6.14. The van der Waals surface area contributed by atoms with Gasteiger partial charge >= 0.3 is 0 Å². The Kier molecular flexibility index (Phi) is 2.87. The Bertz CT molecular complexity index is 328. The zero-order valence-electron chi connectivity index (χ0n) is 6.73. The Hall–Kier alpha value is -0.390. The van der Waals surface area contributed by atoms with Gasteiger partial charge in [-0.1, -0.05) is 6.92 Å². The minimum atomic E-state index is -3.43. The molecule has 1 aromatic heterocycles. The van der Waals surface area contributed by atoms with Crippen molar-refractivity contribution in [1.29, 1.82) is 0 Å². The summed E-state index contributed by atoms with van der Waals surface area (Å²) < 4.78 is 22.1. The molecular formula is C7H11NO2S2. The summed E-state index contributed by atoms with van der Waals surface area (Å²) in [5.74, 6) is 0. The highest BCUT2D eigenvalue weighted by molar-refractivity contribution is 7.89. The predicted molar refractivity (Wildman–Crippen MR) is 50.5 cm³/mol. The summed E-state index contributed by atoms with van der Waals surface area (Å²) in [6.07, 6.45) is 0.523. The lowest BCUT2D eigenvalue weighted by molar-refractivity contribution is 0.581. The van der Waals surface area contributed by atoms with Gasteiger partial charge in [-0.3, -0.25) is 0 Å². The maximum absolute atomic E-state index is 11.0. The molecule has 0 bridgehead atoms. The second-order valence-corrected chi connectivity index (χ2v) is 5.07. The van der Waals surface area contributed by atoms with Crippen LogP contribution in [0.1, 0.15) is 24.2 Å². The van der Waals surface area contributed by atoms with Gasteiger partial charge in [0.2, 0.25) is 10.0 Å². The number of hydrogen-bond donors (Lipinski definition) is 1. The fourth-order valence-electron chi connectivity index (χ4n) is 1.12. The highest BCUT2D eigenvalue weighted by Crippen LogP contribution is 2.25. The molecule has 0 aliphatic rings. The van der Waals surface area contributed by atoms with E-state index < -0.39 is 15.3 Å². The number of hydrogen-bond acceptors (Lipinski definition) is 3. The molecule has 0 saturated carbocycles. The van der Waals surface area contributed by atoms with E-state index in [0.717, 1.165) is 5.56 Å². The smallest absolute Gasteiger partial charge is 0.216 e. The van der Waals surface area contributed by atoms with Crippen molar-refractivity contribution in [3.8, 4) is 0 Å². The molecule has 0 aliphatic heterocycles. The third-order valence-electron chi connectivity index (χ3n) is 1.68. The predicted octanol–water partition coefficient (Wildman–Crippen LogP) is 1.49. The Morgan fingerprint density at radius 2 is 2.33 bits per heavy atom. The first-order valence-electron chi connectivity index (χ1n) is 3.59. The summed E-state index contributed by atoms with van der Waals surface area (Å²) in [7, 11) is -3.43. The van der Waals surface area contributed by atoms with Crippen molar-refractivity contribution >= 4 is 21.4 Å². The Morgan fingerprint density at radius 3 is 2.67 bits per heavy atom. The topological polar surface area (TPSA) is 60.2 Å². The third-order valence-corrected chi connectivity index (χ3v) is 3.78. The van der Waals surface area contributed by atoms with Crippen molar-refractivity contribution in [3.63, 3.8) is 0 Å². The average molecular weight is 205 g/mol. The Balaban J connectivity index is 3.00. The van der Waals surface area contributed by atoms with E-state index in [1.54, 1.807) is 6.07 Å². The molecule has 1 heterocycles. The van der Waals surface area contributed by atoms with Crippen molar-refractivity contribution in [1.82, 2.24) is 0 Å². The fourth-order valence-corrected chi connectivity index (χ4v) is 2.91. The number of thiophene rings is 1. The van der Waals surface area contributed by atoms with Crippen molar-refractivity contribution in [2.75, 3.05) is 0 Å². The zero-order chi connectivity index (χ0) is 9.19. The molecule has 0 spiro atoms. The van der Waals surface area contributed by atoms with E-state index in [-0.39, 0.29) is 0 Å². The van der Waals surface area contributed by atoms with E-state index in [9.17, 15) is 8.42 Å². The van der Waals surface area contributed by atoms with E-state index in [1.165, 1.54) is 11.3 Å². The van der Waals surface area contributed by atoms with Crippen LogP contribution in [-0.4, -0.2) is 8.42 Å². The molecule has 0 fully saturated rings. The van der Waals surface area contributed by atoms with Crippen molar-refractivity contribution < 1.29 is 8.42 Å². The van der Waals surface area contributed by atoms with Gasteiger partial charge in [0.15, 0.2) is 0 Å². The summed E-state index contributed by atoms with van der Waals surface area (Å²) in [6, 6.07) is 1.79. The van der Waals surface area contributed by atoms with Gasteiger partial charge in [-0.25, -0.2) is 13.6 Å². The lowest BCUT2D eigenvalue weighted by Crippen LogP contribution is -2.20. The lowest BCUT2D eigenvalue weighted by atomic mass is 10.2. The number of nitrogens with two attached hydrogens (primary N) is 1. The van der Waals surface area contributed by atoms with Crippen LogP contribution in [0.5, 0.6) is 0 Å². The van der Waals surface area contributed by atoms with Crippen LogP contribution in [0, 0.1) is 0 Å². The molecule has 68 valence electrons. The van der Waals surface area contributed by atoms with E-state index in [2.05, 4.69) is 0 Å². The SMILES string of the molecule is CCC(c1ccsc1)S(N)(=O)=O. The van der Waals surface area contributed by atoms with Crippen LogP contribution in [0.4, 0.5) is 0 Å². The van der Waals surface area contributed by atoms with E-state index >= 15 is 0 Å². The van der Waals surface area contributed by atoms with Gasteiger partial charge in [-0.05, 0) is 28.8 Å². The molecule has 1 unspecified atom stereocenters. The Labute approximate surface area is 76.3 Å². The first kappa shape index (κ1) is 9.70. The Morgan fingerprint density at radius 1 is 1.67 bits per heavy atom.